The van der Waals surface area contributed by atoms with Gasteiger partial charge in [0.2, 0.25) is 5.91 Å². The van der Waals surface area contributed by atoms with Gasteiger partial charge in [-0.3, -0.25) is 9.78 Å². The van der Waals surface area contributed by atoms with Crippen LogP contribution in [0.5, 0.6) is 0 Å². The molecule has 2 aromatic rings. The van der Waals surface area contributed by atoms with Crippen molar-refractivity contribution in [3.05, 3.63) is 66.0 Å². The van der Waals surface area contributed by atoms with E-state index in [9.17, 15) is 4.79 Å². The van der Waals surface area contributed by atoms with Gasteiger partial charge in [-0.25, -0.2) is 0 Å². The van der Waals surface area contributed by atoms with Crippen LogP contribution in [0.25, 0.3) is 0 Å². The van der Waals surface area contributed by atoms with Gasteiger partial charge in [-0.15, -0.1) is 0 Å². The summed E-state index contributed by atoms with van der Waals surface area (Å²) in [6.45, 7) is 3.89. The number of nitrogens with zero attached hydrogens (tertiary/aromatic N) is 2. The van der Waals surface area contributed by atoms with Gasteiger partial charge >= 0.3 is 0 Å². The molecule has 2 N–H and O–H groups in total. The normalized spacial score (nSPS) is 14.9. The summed E-state index contributed by atoms with van der Waals surface area (Å²) in [6.07, 6.45) is 3.48. The van der Waals surface area contributed by atoms with Gasteiger partial charge in [0.1, 0.15) is 0 Å². The average molecular weight is 297 g/mol. The van der Waals surface area contributed by atoms with Crippen LogP contribution < -0.4 is 5.73 Å². The number of benzene rings is 1. The number of hydrogen-bond acceptors (Lipinski definition) is 3. The molecule has 0 aliphatic rings. The van der Waals surface area contributed by atoms with Gasteiger partial charge in [0, 0.05) is 25.5 Å². The highest BCUT2D eigenvalue weighted by Crippen LogP contribution is 2.25. The van der Waals surface area contributed by atoms with Crippen LogP contribution in [0.2, 0.25) is 0 Å². The van der Waals surface area contributed by atoms with Gasteiger partial charge in [0.15, 0.2) is 0 Å². The van der Waals surface area contributed by atoms with E-state index in [0.717, 1.165) is 11.1 Å². The lowest BCUT2D eigenvalue weighted by atomic mass is 9.93. The van der Waals surface area contributed by atoms with E-state index in [4.69, 9.17) is 5.73 Å². The van der Waals surface area contributed by atoms with Gasteiger partial charge in [-0.2, -0.15) is 0 Å². The average Bonchev–Trinajstić information content (AvgIpc) is 2.60. The molecule has 4 nitrogen and oxygen atoms in total. The molecule has 4 heteroatoms. The zero-order chi connectivity index (χ0) is 16.1. The predicted octanol–water partition coefficient (Wildman–Crippen LogP) is 2.94. The smallest absolute Gasteiger partial charge is 0.227 e. The number of amides is 1. The van der Waals surface area contributed by atoms with Gasteiger partial charge in [0.25, 0.3) is 0 Å². The lowest BCUT2D eigenvalue weighted by molar-refractivity contribution is -0.136. The zero-order valence-electron chi connectivity index (χ0n) is 13.3. The van der Waals surface area contributed by atoms with Crippen molar-refractivity contribution in [1.29, 1.82) is 0 Å². The van der Waals surface area contributed by atoms with Crippen LogP contribution in [0, 0.1) is 5.92 Å². The summed E-state index contributed by atoms with van der Waals surface area (Å²) in [5.74, 6) is -0.239. The van der Waals surface area contributed by atoms with Gasteiger partial charge in [-0.1, -0.05) is 37.3 Å². The maximum Gasteiger partial charge on any atom is 0.227 e. The van der Waals surface area contributed by atoms with Crippen molar-refractivity contribution < 1.29 is 4.79 Å². The lowest BCUT2D eigenvalue weighted by Crippen LogP contribution is -2.38. The summed E-state index contributed by atoms with van der Waals surface area (Å²) >= 11 is 0. The molecule has 1 aromatic heterocycles. The fourth-order valence-electron chi connectivity index (χ4n) is 2.50. The van der Waals surface area contributed by atoms with Crippen molar-refractivity contribution in [2.24, 2.45) is 11.7 Å². The molecule has 2 rings (SSSR count). The Morgan fingerprint density at radius 2 is 1.64 bits per heavy atom. The first-order chi connectivity index (χ1) is 10.5. The molecule has 0 saturated heterocycles. The van der Waals surface area contributed by atoms with Crippen LogP contribution in [-0.2, 0) is 4.79 Å². The third kappa shape index (κ3) is 3.52. The molecule has 0 bridgehead atoms. The quantitative estimate of drug-likeness (QED) is 0.923. The van der Waals surface area contributed by atoms with Crippen molar-refractivity contribution in [1.82, 2.24) is 9.88 Å². The fraction of sp³-hybridized carbons (Fsp3) is 0.333. The molecule has 3 atom stereocenters. The van der Waals surface area contributed by atoms with E-state index < -0.39 is 0 Å². The molecule has 1 heterocycles. The summed E-state index contributed by atoms with van der Waals surface area (Å²) < 4.78 is 0. The van der Waals surface area contributed by atoms with Crippen molar-refractivity contribution in [2.45, 2.75) is 25.9 Å². The third-order valence-electron chi connectivity index (χ3n) is 4.23. The Labute approximate surface area is 132 Å². The van der Waals surface area contributed by atoms with Crippen molar-refractivity contribution in [2.75, 3.05) is 7.05 Å². The first-order valence-corrected chi connectivity index (χ1v) is 7.49. The predicted molar refractivity (Wildman–Crippen MR) is 88.0 cm³/mol. The van der Waals surface area contributed by atoms with E-state index in [0.29, 0.717) is 0 Å². The highest BCUT2D eigenvalue weighted by molar-refractivity contribution is 5.79. The second-order valence-corrected chi connectivity index (χ2v) is 5.63. The van der Waals surface area contributed by atoms with Crippen LogP contribution in [0.4, 0.5) is 0 Å². The van der Waals surface area contributed by atoms with E-state index in [1.165, 1.54) is 0 Å². The Bertz CT molecular complexity index is 547. The number of aromatic nitrogens is 1. The van der Waals surface area contributed by atoms with Crippen LogP contribution in [0.1, 0.15) is 37.1 Å². The number of hydrogen-bond donors (Lipinski definition) is 1. The minimum Gasteiger partial charge on any atom is -0.339 e. The Morgan fingerprint density at radius 3 is 2.23 bits per heavy atom. The first kappa shape index (κ1) is 16.2. The molecule has 0 aliphatic carbocycles. The minimum atomic E-state index is -0.305. The maximum atomic E-state index is 12.7. The maximum absolute atomic E-state index is 12.7. The van der Waals surface area contributed by atoms with Crippen molar-refractivity contribution in [3.8, 4) is 0 Å². The second kappa shape index (κ2) is 7.18. The van der Waals surface area contributed by atoms with Crippen LogP contribution >= 0.6 is 0 Å². The van der Waals surface area contributed by atoms with Gasteiger partial charge < -0.3 is 10.6 Å². The molecular formula is C18H23N3O. The van der Waals surface area contributed by atoms with Crippen LogP contribution in [0.3, 0.4) is 0 Å². The molecule has 1 amide bonds. The SMILES string of the molecule is CC(C(=O)N(C)C(C)c1ccncc1)C(N)c1ccccc1. The summed E-state index contributed by atoms with van der Waals surface area (Å²) in [5, 5.41) is 0. The number of pyridine rings is 1. The zero-order valence-corrected chi connectivity index (χ0v) is 13.3. The summed E-state index contributed by atoms with van der Waals surface area (Å²) in [4.78, 5) is 18.5. The third-order valence-corrected chi connectivity index (χ3v) is 4.23. The van der Waals surface area contributed by atoms with Gasteiger partial charge in [-0.05, 0) is 30.2 Å². The van der Waals surface area contributed by atoms with E-state index in [1.54, 1.807) is 17.3 Å². The second-order valence-electron chi connectivity index (χ2n) is 5.63. The van der Waals surface area contributed by atoms with E-state index >= 15 is 0 Å². The van der Waals surface area contributed by atoms with E-state index in [1.807, 2.05) is 63.4 Å². The fourth-order valence-corrected chi connectivity index (χ4v) is 2.50. The van der Waals surface area contributed by atoms with Crippen molar-refractivity contribution >= 4 is 5.91 Å². The first-order valence-electron chi connectivity index (χ1n) is 7.49. The molecular weight excluding hydrogens is 274 g/mol. The molecule has 1 aromatic carbocycles. The lowest BCUT2D eigenvalue weighted by Gasteiger charge is -2.30. The number of rotatable bonds is 5. The highest BCUT2D eigenvalue weighted by Gasteiger charge is 2.27. The van der Waals surface area contributed by atoms with Gasteiger partial charge in [0.05, 0.1) is 12.0 Å². The summed E-state index contributed by atoms with van der Waals surface area (Å²) in [7, 11) is 1.82. The van der Waals surface area contributed by atoms with Crippen LogP contribution in [-0.4, -0.2) is 22.8 Å². The highest BCUT2D eigenvalue weighted by atomic mass is 16.2. The van der Waals surface area contributed by atoms with Crippen molar-refractivity contribution in [3.63, 3.8) is 0 Å². The minimum absolute atomic E-state index is 0.0130. The molecule has 0 fully saturated rings. The topological polar surface area (TPSA) is 59.2 Å². The molecule has 116 valence electrons. The Morgan fingerprint density at radius 1 is 1.05 bits per heavy atom. The van der Waals surface area contributed by atoms with E-state index in [2.05, 4.69) is 4.98 Å². The summed E-state index contributed by atoms with van der Waals surface area (Å²) in [5.41, 5.74) is 8.30. The molecule has 0 saturated carbocycles. The number of nitrogens with two attached hydrogens (primary N) is 1. The largest absolute Gasteiger partial charge is 0.339 e. The molecule has 22 heavy (non-hydrogen) atoms. The Kier molecular flexibility index (Phi) is 5.28. The molecule has 0 spiro atoms. The Balaban J connectivity index is 2.10. The molecule has 0 aliphatic heterocycles. The standard InChI is InChI=1S/C18H23N3O/c1-13(17(19)16-7-5-4-6-8-16)18(22)21(3)14(2)15-9-11-20-12-10-15/h4-14,17H,19H2,1-3H3. The number of carbonyl (C=O) groups is 1. The monoisotopic (exact) mass is 297 g/mol. The molecule has 3 unspecified atom stereocenters. The Hall–Kier alpha value is -2.20. The summed E-state index contributed by atoms with van der Waals surface area (Å²) in [6, 6.07) is 13.3. The number of carbonyl (C=O) groups excluding carboxylic acids is 1. The van der Waals surface area contributed by atoms with E-state index in [-0.39, 0.29) is 23.9 Å². The molecule has 0 radical (unpaired) electrons. The van der Waals surface area contributed by atoms with Crippen LogP contribution in [0.15, 0.2) is 54.9 Å².